The van der Waals surface area contributed by atoms with Crippen LogP contribution in [0, 0.1) is 5.82 Å². The van der Waals surface area contributed by atoms with E-state index in [-0.39, 0.29) is 17.6 Å². The van der Waals surface area contributed by atoms with Crippen molar-refractivity contribution < 1.29 is 17.2 Å². The highest BCUT2D eigenvalue weighted by Crippen LogP contribution is 2.24. The first-order chi connectivity index (χ1) is 11.4. The van der Waals surface area contributed by atoms with E-state index in [1.54, 1.807) is 12.1 Å². The van der Waals surface area contributed by atoms with Crippen LogP contribution < -0.4 is 4.72 Å². The number of nitrogens with zero attached hydrogens (tertiary/aromatic N) is 1. The Labute approximate surface area is 146 Å². The van der Waals surface area contributed by atoms with E-state index in [4.69, 9.17) is 16.0 Å². The fourth-order valence-electron chi connectivity index (χ4n) is 2.51. The zero-order chi connectivity index (χ0) is 17.7. The molecule has 0 radical (unpaired) electrons. The van der Waals surface area contributed by atoms with Gasteiger partial charge >= 0.3 is 0 Å². The summed E-state index contributed by atoms with van der Waals surface area (Å²) >= 11 is 5.67. The Bertz CT molecular complexity index is 762. The van der Waals surface area contributed by atoms with Gasteiger partial charge in [-0.15, -0.1) is 0 Å². The van der Waals surface area contributed by atoms with Crippen LogP contribution in [0.3, 0.4) is 0 Å². The maximum Gasteiger partial charge on any atom is 0.243 e. The molecule has 0 saturated heterocycles. The lowest BCUT2D eigenvalue weighted by molar-refractivity contribution is 0.194. The Balaban J connectivity index is 2.23. The van der Waals surface area contributed by atoms with E-state index in [0.717, 1.165) is 13.1 Å². The average molecular weight is 375 g/mol. The molecule has 0 spiro atoms. The fraction of sp³-hybridized carbons (Fsp3) is 0.375. The van der Waals surface area contributed by atoms with Gasteiger partial charge in [-0.05, 0) is 37.4 Å². The topological polar surface area (TPSA) is 62.6 Å². The van der Waals surface area contributed by atoms with Gasteiger partial charge in [-0.25, -0.2) is 17.5 Å². The van der Waals surface area contributed by atoms with Crippen molar-refractivity contribution >= 4 is 21.6 Å². The Morgan fingerprint density at radius 2 is 1.96 bits per heavy atom. The monoisotopic (exact) mass is 374 g/mol. The largest absolute Gasteiger partial charge is 0.468 e. The van der Waals surface area contributed by atoms with Crippen molar-refractivity contribution in [1.29, 1.82) is 0 Å². The van der Waals surface area contributed by atoms with E-state index in [9.17, 15) is 12.8 Å². The van der Waals surface area contributed by atoms with Crippen LogP contribution in [0.4, 0.5) is 4.39 Å². The maximum atomic E-state index is 14.0. The lowest BCUT2D eigenvalue weighted by Gasteiger charge is -2.28. The van der Waals surface area contributed by atoms with Gasteiger partial charge in [-0.3, -0.25) is 4.90 Å². The number of likely N-dealkylation sites (N-methyl/N-ethyl adjacent to an activating group) is 1. The number of benzene rings is 1. The van der Waals surface area contributed by atoms with Crippen molar-refractivity contribution in [2.75, 3.05) is 19.6 Å². The van der Waals surface area contributed by atoms with E-state index in [1.807, 2.05) is 13.8 Å². The molecule has 132 valence electrons. The Morgan fingerprint density at radius 3 is 2.54 bits per heavy atom. The van der Waals surface area contributed by atoms with Crippen LogP contribution >= 0.6 is 11.6 Å². The molecular weight excluding hydrogens is 355 g/mol. The second-order valence-corrected chi connectivity index (χ2v) is 7.30. The van der Waals surface area contributed by atoms with Crippen LogP contribution in [0.1, 0.15) is 25.6 Å². The van der Waals surface area contributed by atoms with Crippen LogP contribution in [-0.2, 0) is 10.0 Å². The number of hydrogen-bond donors (Lipinski definition) is 1. The SMILES string of the molecule is CCN(CC)C(CNS(=O)(=O)c1cccc(Cl)c1F)c1ccco1. The number of halogens is 2. The molecule has 1 N–H and O–H groups in total. The molecule has 5 nitrogen and oxygen atoms in total. The summed E-state index contributed by atoms with van der Waals surface area (Å²) in [6.45, 7) is 5.45. The number of sulfonamides is 1. The molecule has 0 aliphatic heterocycles. The van der Waals surface area contributed by atoms with Crippen molar-refractivity contribution in [3.05, 3.63) is 53.2 Å². The van der Waals surface area contributed by atoms with Crippen molar-refractivity contribution in [2.45, 2.75) is 24.8 Å². The summed E-state index contributed by atoms with van der Waals surface area (Å²) in [5, 5.41) is -0.232. The normalized spacial score (nSPS) is 13.4. The minimum Gasteiger partial charge on any atom is -0.468 e. The molecule has 1 aromatic carbocycles. The van der Waals surface area contributed by atoms with Crippen molar-refractivity contribution in [2.24, 2.45) is 0 Å². The summed E-state index contributed by atoms with van der Waals surface area (Å²) in [7, 11) is -4.03. The van der Waals surface area contributed by atoms with Crippen LogP contribution in [0.2, 0.25) is 5.02 Å². The predicted molar refractivity (Wildman–Crippen MR) is 91.0 cm³/mol. The highest BCUT2D eigenvalue weighted by atomic mass is 35.5. The van der Waals surface area contributed by atoms with Gasteiger partial charge in [0.2, 0.25) is 10.0 Å². The van der Waals surface area contributed by atoms with Crippen LogP contribution in [-0.4, -0.2) is 33.0 Å². The number of hydrogen-bond acceptors (Lipinski definition) is 4. The number of rotatable bonds is 8. The highest BCUT2D eigenvalue weighted by molar-refractivity contribution is 7.89. The van der Waals surface area contributed by atoms with Gasteiger partial charge in [0.15, 0.2) is 5.82 Å². The smallest absolute Gasteiger partial charge is 0.243 e. The molecule has 0 fully saturated rings. The summed E-state index contributed by atoms with van der Waals surface area (Å²) < 4.78 is 46.7. The van der Waals surface area contributed by atoms with Gasteiger partial charge in [0.1, 0.15) is 10.7 Å². The molecule has 0 aliphatic rings. The summed E-state index contributed by atoms with van der Waals surface area (Å²) in [5.41, 5.74) is 0. The van der Waals surface area contributed by atoms with Gasteiger partial charge in [-0.2, -0.15) is 0 Å². The molecule has 2 rings (SSSR count). The molecule has 0 amide bonds. The molecule has 8 heteroatoms. The molecule has 1 unspecified atom stereocenters. The Kier molecular flexibility index (Phi) is 6.40. The van der Waals surface area contributed by atoms with Gasteiger partial charge in [-0.1, -0.05) is 31.5 Å². The molecule has 1 aromatic heterocycles. The molecule has 0 saturated carbocycles. The van der Waals surface area contributed by atoms with Gasteiger partial charge in [0, 0.05) is 6.54 Å². The third kappa shape index (κ3) is 4.16. The zero-order valence-corrected chi connectivity index (χ0v) is 15.1. The fourth-order valence-corrected chi connectivity index (χ4v) is 3.88. The first-order valence-electron chi connectivity index (χ1n) is 7.61. The average Bonchev–Trinajstić information content (AvgIpc) is 3.08. The summed E-state index contributed by atoms with van der Waals surface area (Å²) in [5.74, 6) is -0.308. The standard InChI is InChI=1S/C16H20ClFN2O3S/c1-3-20(4-2)13(14-8-6-10-23-14)11-19-24(21,22)15-9-5-7-12(17)16(15)18/h5-10,13,19H,3-4,11H2,1-2H3. The van der Waals surface area contributed by atoms with Crippen molar-refractivity contribution in [3.63, 3.8) is 0 Å². The van der Waals surface area contributed by atoms with Crippen molar-refractivity contribution in [3.8, 4) is 0 Å². The number of nitrogens with one attached hydrogen (secondary N) is 1. The predicted octanol–water partition coefficient (Wildman–Crippen LogP) is 3.43. The molecule has 24 heavy (non-hydrogen) atoms. The van der Waals surface area contributed by atoms with E-state index >= 15 is 0 Å². The summed E-state index contributed by atoms with van der Waals surface area (Å²) in [6.07, 6.45) is 1.54. The van der Waals surface area contributed by atoms with E-state index in [1.165, 1.54) is 24.5 Å². The van der Waals surface area contributed by atoms with E-state index in [0.29, 0.717) is 5.76 Å². The molecule has 0 bridgehead atoms. The van der Waals surface area contributed by atoms with Crippen LogP contribution in [0.15, 0.2) is 45.9 Å². The van der Waals surface area contributed by atoms with Gasteiger partial charge in [0.05, 0.1) is 17.3 Å². The quantitative estimate of drug-likeness (QED) is 0.768. The lowest BCUT2D eigenvalue weighted by atomic mass is 10.2. The summed E-state index contributed by atoms with van der Waals surface area (Å²) in [4.78, 5) is 1.59. The lowest BCUT2D eigenvalue weighted by Crippen LogP contribution is -2.38. The zero-order valence-electron chi connectivity index (χ0n) is 13.5. The third-order valence-electron chi connectivity index (χ3n) is 3.80. The first-order valence-corrected chi connectivity index (χ1v) is 9.48. The number of furan rings is 1. The molecular formula is C16H20ClFN2O3S. The molecule has 1 atom stereocenters. The summed E-state index contributed by atoms with van der Waals surface area (Å²) in [6, 6.07) is 7.13. The van der Waals surface area contributed by atoms with E-state index < -0.39 is 20.7 Å². The molecule has 2 aromatic rings. The minimum atomic E-state index is -4.03. The van der Waals surface area contributed by atoms with Gasteiger partial charge < -0.3 is 4.42 Å². The van der Waals surface area contributed by atoms with Crippen LogP contribution in [0.5, 0.6) is 0 Å². The van der Waals surface area contributed by atoms with Gasteiger partial charge in [0.25, 0.3) is 0 Å². The second-order valence-electron chi connectivity index (χ2n) is 5.16. The van der Waals surface area contributed by atoms with Crippen molar-refractivity contribution in [1.82, 2.24) is 9.62 Å². The maximum absolute atomic E-state index is 14.0. The molecule has 1 heterocycles. The Hall–Kier alpha value is -1.41. The second kappa shape index (κ2) is 8.11. The molecule has 0 aliphatic carbocycles. The highest BCUT2D eigenvalue weighted by Gasteiger charge is 2.26. The minimum absolute atomic E-state index is 0.0590. The third-order valence-corrected chi connectivity index (χ3v) is 5.53. The van der Waals surface area contributed by atoms with Crippen LogP contribution in [0.25, 0.3) is 0 Å². The van der Waals surface area contributed by atoms with E-state index in [2.05, 4.69) is 9.62 Å². The first kappa shape index (κ1) is 18.9. The Morgan fingerprint density at radius 1 is 1.25 bits per heavy atom.